The second kappa shape index (κ2) is 8.25. The molecule has 1 aliphatic rings. The Hall–Kier alpha value is -3.43. The first kappa shape index (κ1) is 21.8. The fourth-order valence-corrected chi connectivity index (χ4v) is 3.99. The number of Topliss-reactive ketones (excluding diaryl/α,β-unsaturated/α-hetero) is 1. The molecular weight excluding hydrogens is 430 g/mol. The van der Waals surface area contributed by atoms with Gasteiger partial charge in [0.2, 0.25) is 10.0 Å². The van der Waals surface area contributed by atoms with Gasteiger partial charge in [0, 0.05) is 34.2 Å². The number of nitrogens with zero attached hydrogens (tertiary/aromatic N) is 1. The number of hydrogen-bond acceptors (Lipinski definition) is 6. The van der Waals surface area contributed by atoms with E-state index in [4.69, 9.17) is 14.6 Å². The van der Waals surface area contributed by atoms with E-state index in [1.165, 1.54) is 31.4 Å². The summed E-state index contributed by atoms with van der Waals surface area (Å²) >= 11 is 0. The first-order valence-corrected chi connectivity index (χ1v) is 11.5. The number of ketones is 1. The number of carbonyl (C=O) groups excluding carboxylic acids is 1. The maximum atomic E-state index is 13.1. The second-order valence-corrected chi connectivity index (χ2v) is 9.15. The molecule has 0 aliphatic heterocycles. The maximum absolute atomic E-state index is 13.1. The number of aromatic nitrogens is 2. The van der Waals surface area contributed by atoms with Gasteiger partial charge >= 0.3 is 0 Å². The van der Waals surface area contributed by atoms with Gasteiger partial charge < -0.3 is 14.5 Å². The highest BCUT2D eigenvalue weighted by atomic mass is 32.2. The van der Waals surface area contributed by atoms with E-state index in [9.17, 15) is 13.2 Å². The number of ether oxygens (including phenoxy) is 2. The molecule has 0 amide bonds. The number of aromatic amines is 1. The Bertz CT molecular complexity index is 1310. The van der Waals surface area contributed by atoms with E-state index in [1.807, 2.05) is 0 Å². The molecule has 1 fully saturated rings. The molecule has 1 heterocycles. The summed E-state index contributed by atoms with van der Waals surface area (Å²) < 4.78 is 34.0. The Balaban J connectivity index is 1.72. The standard InChI is InChI=1S/C23H23N3O5S/c1-13(22(27)14-6-8-16(9-7-14)32(24,28)29)17-10-18(21(31-3)11-20(17)30-2)19-12-25-23(26-19)15-4-5-15/h6-12,15H,1,4-5H2,2-3H3,(H,25,26)(H2,24,28,29). The van der Waals surface area contributed by atoms with Crippen LogP contribution in [0.4, 0.5) is 0 Å². The zero-order chi connectivity index (χ0) is 23.0. The quantitative estimate of drug-likeness (QED) is 0.397. The van der Waals surface area contributed by atoms with E-state index in [0.29, 0.717) is 23.0 Å². The third-order valence-corrected chi connectivity index (χ3v) is 6.34. The highest BCUT2D eigenvalue weighted by Gasteiger charge is 2.27. The van der Waals surface area contributed by atoms with Crippen LogP contribution in [-0.2, 0) is 10.0 Å². The van der Waals surface area contributed by atoms with Crippen LogP contribution in [0.1, 0.15) is 40.5 Å². The van der Waals surface area contributed by atoms with Crippen molar-refractivity contribution in [2.45, 2.75) is 23.7 Å². The van der Waals surface area contributed by atoms with Crippen LogP contribution < -0.4 is 14.6 Å². The second-order valence-electron chi connectivity index (χ2n) is 7.59. The zero-order valence-corrected chi connectivity index (χ0v) is 18.5. The van der Waals surface area contributed by atoms with Crippen LogP contribution in [0.5, 0.6) is 11.5 Å². The minimum absolute atomic E-state index is 0.0744. The van der Waals surface area contributed by atoms with Crippen LogP contribution in [0, 0.1) is 0 Å². The fraction of sp³-hybridized carbons (Fsp3) is 0.217. The van der Waals surface area contributed by atoms with Gasteiger partial charge in [-0.25, -0.2) is 18.5 Å². The Morgan fingerprint density at radius 2 is 1.78 bits per heavy atom. The van der Waals surface area contributed by atoms with Crippen molar-refractivity contribution in [1.82, 2.24) is 9.97 Å². The largest absolute Gasteiger partial charge is 0.496 e. The van der Waals surface area contributed by atoms with Gasteiger partial charge in [0.05, 0.1) is 31.0 Å². The van der Waals surface area contributed by atoms with Crippen LogP contribution >= 0.6 is 0 Å². The van der Waals surface area contributed by atoms with E-state index in [0.717, 1.165) is 29.9 Å². The van der Waals surface area contributed by atoms with E-state index in [2.05, 4.69) is 16.5 Å². The monoisotopic (exact) mass is 453 g/mol. The van der Waals surface area contributed by atoms with Crippen molar-refractivity contribution in [3.63, 3.8) is 0 Å². The van der Waals surface area contributed by atoms with Gasteiger partial charge in [-0.15, -0.1) is 0 Å². The van der Waals surface area contributed by atoms with Crippen molar-refractivity contribution in [2.75, 3.05) is 14.2 Å². The minimum atomic E-state index is -3.85. The molecule has 3 aromatic rings. The number of methoxy groups -OCH3 is 2. The average molecular weight is 454 g/mol. The van der Waals surface area contributed by atoms with Gasteiger partial charge in [-0.3, -0.25) is 4.79 Å². The lowest BCUT2D eigenvalue weighted by molar-refractivity contribution is 0.105. The summed E-state index contributed by atoms with van der Waals surface area (Å²) in [5.74, 6) is 2.01. The lowest BCUT2D eigenvalue weighted by Gasteiger charge is -2.15. The lowest BCUT2D eigenvalue weighted by Crippen LogP contribution is -2.12. The van der Waals surface area contributed by atoms with Crippen molar-refractivity contribution < 1.29 is 22.7 Å². The molecule has 2 aromatic carbocycles. The van der Waals surface area contributed by atoms with Gasteiger partial charge in [-0.1, -0.05) is 6.58 Å². The molecule has 0 bridgehead atoms. The first-order valence-electron chi connectivity index (χ1n) is 9.91. The highest BCUT2D eigenvalue weighted by molar-refractivity contribution is 7.89. The number of H-pyrrole nitrogens is 1. The number of sulfonamides is 1. The van der Waals surface area contributed by atoms with Crippen LogP contribution in [0.15, 0.2) is 54.1 Å². The maximum Gasteiger partial charge on any atom is 0.238 e. The zero-order valence-electron chi connectivity index (χ0n) is 17.7. The Morgan fingerprint density at radius 1 is 1.12 bits per heavy atom. The van der Waals surface area contributed by atoms with Gasteiger partial charge in [-0.05, 0) is 43.2 Å². The predicted molar refractivity (Wildman–Crippen MR) is 120 cm³/mol. The third-order valence-electron chi connectivity index (χ3n) is 5.42. The Labute approximate surface area is 186 Å². The van der Waals surface area contributed by atoms with Crippen molar-refractivity contribution in [3.05, 3.63) is 66.1 Å². The smallest absolute Gasteiger partial charge is 0.238 e. The predicted octanol–water partition coefficient (Wildman–Crippen LogP) is 3.51. The summed E-state index contributed by atoms with van der Waals surface area (Å²) in [4.78, 5) is 20.8. The molecule has 0 atom stereocenters. The van der Waals surface area contributed by atoms with Crippen LogP contribution in [0.25, 0.3) is 16.8 Å². The summed E-state index contributed by atoms with van der Waals surface area (Å²) in [7, 11) is -0.792. The summed E-state index contributed by atoms with van der Waals surface area (Å²) in [5, 5.41) is 5.13. The van der Waals surface area contributed by atoms with Crippen molar-refractivity contribution in [3.8, 4) is 22.8 Å². The average Bonchev–Trinajstić information content (AvgIpc) is 3.53. The molecule has 1 aliphatic carbocycles. The van der Waals surface area contributed by atoms with E-state index >= 15 is 0 Å². The molecular formula is C23H23N3O5S. The van der Waals surface area contributed by atoms with Gasteiger partial charge in [0.25, 0.3) is 0 Å². The van der Waals surface area contributed by atoms with Gasteiger partial charge in [-0.2, -0.15) is 0 Å². The molecule has 0 spiro atoms. The number of nitrogens with two attached hydrogens (primary N) is 1. The van der Waals surface area contributed by atoms with E-state index in [-0.39, 0.29) is 21.8 Å². The topological polar surface area (TPSA) is 124 Å². The number of allylic oxidation sites excluding steroid dienone is 1. The molecule has 0 unspecified atom stereocenters. The van der Waals surface area contributed by atoms with E-state index < -0.39 is 10.0 Å². The summed E-state index contributed by atoms with van der Waals surface area (Å²) in [6, 6.07) is 8.86. The summed E-state index contributed by atoms with van der Waals surface area (Å²) in [6.07, 6.45) is 3.99. The van der Waals surface area contributed by atoms with E-state index in [1.54, 1.807) is 25.4 Å². The highest BCUT2D eigenvalue weighted by Crippen LogP contribution is 2.42. The number of benzene rings is 2. The first-order chi connectivity index (χ1) is 15.2. The van der Waals surface area contributed by atoms with Gasteiger partial charge in [0.15, 0.2) is 5.78 Å². The molecule has 3 N–H and O–H groups in total. The molecule has 1 aromatic heterocycles. The van der Waals surface area contributed by atoms with Crippen molar-refractivity contribution >= 4 is 21.4 Å². The Morgan fingerprint density at radius 3 is 2.34 bits per heavy atom. The minimum Gasteiger partial charge on any atom is -0.496 e. The third kappa shape index (κ3) is 4.17. The molecule has 32 heavy (non-hydrogen) atoms. The molecule has 8 nitrogen and oxygen atoms in total. The number of nitrogens with one attached hydrogen (secondary N) is 1. The van der Waals surface area contributed by atoms with Crippen molar-refractivity contribution in [2.24, 2.45) is 5.14 Å². The Kier molecular flexibility index (Phi) is 5.62. The fourth-order valence-electron chi connectivity index (χ4n) is 3.48. The molecule has 4 rings (SSSR count). The lowest BCUT2D eigenvalue weighted by atomic mass is 9.95. The van der Waals surface area contributed by atoms with Crippen molar-refractivity contribution in [1.29, 1.82) is 0 Å². The molecule has 0 saturated heterocycles. The summed E-state index contributed by atoms with van der Waals surface area (Å²) in [6.45, 7) is 3.98. The number of rotatable bonds is 8. The number of carbonyl (C=O) groups is 1. The molecule has 9 heteroatoms. The number of hydrogen-bond donors (Lipinski definition) is 2. The van der Waals surface area contributed by atoms with Crippen LogP contribution in [0.3, 0.4) is 0 Å². The van der Waals surface area contributed by atoms with Crippen LogP contribution in [0.2, 0.25) is 0 Å². The summed E-state index contributed by atoms with van der Waals surface area (Å²) in [5.41, 5.74) is 2.45. The number of imidazole rings is 1. The molecule has 0 radical (unpaired) electrons. The van der Waals surface area contributed by atoms with Gasteiger partial charge in [0.1, 0.15) is 17.3 Å². The number of primary sulfonamides is 1. The van der Waals surface area contributed by atoms with Crippen LogP contribution in [-0.4, -0.2) is 38.4 Å². The normalized spacial score (nSPS) is 13.6. The SMILES string of the molecule is C=C(C(=O)c1ccc(S(N)(=O)=O)cc1)c1cc(-c2cnc(C3CC3)[nH]2)c(OC)cc1OC. The molecule has 1 saturated carbocycles. The molecule has 166 valence electrons.